The van der Waals surface area contributed by atoms with Gasteiger partial charge >= 0.3 is 0 Å². The highest BCUT2D eigenvalue weighted by atomic mass is 16.8. The SMILES string of the molecule is C[C@]12CCC[C@]3(O1)C(OC[C@@]14O[C@@H]1C(=O)C=C[C@]34O)O2. The molecule has 5 rings (SSSR count). The molecule has 2 bridgehead atoms. The van der Waals surface area contributed by atoms with Crippen LogP contribution in [0.5, 0.6) is 0 Å². The third-order valence-electron chi connectivity index (χ3n) is 5.50. The normalized spacial score (nSPS) is 62.6. The van der Waals surface area contributed by atoms with Crippen molar-refractivity contribution in [2.24, 2.45) is 0 Å². The second-order valence-electron chi connectivity index (χ2n) is 6.63. The molecule has 20 heavy (non-hydrogen) atoms. The van der Waals surface area contributed by atoms with E-state index < -0.39 is 35.0 Å². The zero-order valence-corrected chi connectivity index (χ0v) is 11.1. The van der Waals surface area contributed by atoms with Crippen LogP contribution in [0.25, 0.3) is 0 Å². The van der Waals surface area contributed by atoms with Crippen LogP contribution in [0.1, 0.15) is 26.2 Å². The van der Waals surface area contributed by atoms with E-state index in [2.05, 4.69) is 0 Å². The van der Waals surface area contributed by atoms with Gasteiger partial charge in [-0.3, -0.25) is 4.79 Å². The summed E-state index contributed by atoms with van der Waals surface area (Å²) < 4.78 is 23.4. The summed E-state index contributed by atoms with van der Waals surface area (Å²) in [6, 6.07) is 0. The highest BCUT2D eigenvalue weighted by molar-refractivity contribution is 5.99. The van der Waals surface area contributed by atoms with Gasteiger partial charge in [-0.2, -0.15) is 0 Å². The van der Waals surface area contributed by atoms with Crippen LogP contribution in [0.4, 0.5) is 0 Å². The molecule has 0 amide bonds. The van der Waals surface area contributed by atoms with E-state index in [4.69, 9.17) is 18.9 Å². The summed E-state index contributed by atoms with van der Waals surface area (Å²) in [5.41, 5.74) is -3.36. The molecule has 1 N–H and O–H groups in total. The van der Waals surface area contributed by atoms with Crippen LogP contribution in [-0.4, -0.2) is 52.5 Å². The molecule has 2 spiro atoms. The summed E-state index contributed by atoms with van der Waals surface area (Å²) >= 11 is 0. The fraction of sp³-hybridized carbons (Fsp3) is 0.786. The first-order chi connectivity index (χ1) is 9.45. The Morgan fingerprint density at radius 3 is 3.00 bits per heavy atom. The summed E-state index contributed by atoms with van der Waals surface area (Å²) in [4.78, 5) is 11.8. The molecule has 4 saturated heterocycles. The highest BCUT2D eigenvalue weighted by Crippen LogP contribution is 2.64. The molecule has 1 aliphatic carbocycles. The number of carbonyl (C=O) groups is 1. The number of aliphatic hydroxyl groups is 1. The topological polar surface area (TPSA) is 77.5 Å². The maximum Gasteiger partial charge on any atom is 0.193 e. The van der Waals surface area contributed by atoms with Gasteiger partial charge in [-0.1, -0.05) is 0 Å². The molecule has 4 aliphatic heterocycles. The predicted molar refractivity (Wildman–Crippen MR) is 63.6 cm³/mol. The summed E-state index contributed by atoms with van der Waals surface area (Å²) in [6.45, 7) is 2.02. The molecule has 0 radical (unpaired) electrons. The number of fused-ring (bicyclic) bond motifs is 1. The van der Waals surface area contributed by atoms with E-state index in [1.165, 1.54) is 12.2 Å². The van der Waals surface area contributed by atoms with Crippen molar-refractivity contribution >= 4 is 5.78 Å². The molecule has 0 aromatic heterocycles. The van der Waals surface area contributed by atoms with Crippen LogP contribution in [0, 0.1) is 0 Å². The van der Waals surface area contributed by atoms with Crippen molar-refractivity contribution in [2.45, 2.75) is 61.2 Å². The first-order valence-electron chi connectivity index (χ1n) is 7.08. The van der Waals surface area contributed by atoms with Crippen LogP contribution in [-0.2, 0) is 23.7 Å². The number of hydrogen-bond donors (Lipinski definition) is 1. The van der Waals surface area contributed by atoms with Crippen molar-refractivity contribution in [1.29, 1.82) is 0 Å². The summed E-state index contributed by atoms with van der Waals surface area (Å²) in [5.74, 6) is -0.852. The molecule has 108 valence electrons. The number of rotatable bonds is 0. The monoisotopic (exact) mass is 280 g/mol. The number of epoxide rings is 1. The third kappa shape index (κ3) is 1.00. The Morgan fingerprint density at radius 1 is 1.30 bits per heavy atom. The van der Waals surface area contributed by atoms with Gasteiger partial charge in [0.25, 0.3) is 0 Å². The van der Waals surface area contributed by atoms with Crippen LogP contribution in [0.3, 0.4) is 0 Å². The van der Waals surface area contributed by atoms with Gasteiger partial charge in [0.05, 0.1) is 6.61 Å². The Labute approximate surface area is 115 Å². The minimum absolute atomic E-state index is 0.120. The van der Waals surface area contributed by atoms with E-state index >= 15 is 0 Å². The lowest BCUT2D eigenvalue weighted by molar-refractivity contribution is -0.282. The van der Waals surface area contributed by atoms with Gasteiger partial charge in [-0.05, 0) is 31.9 Å². The maximum absolute atomic E-state index is 11.8. The fourth-order valence-electron chi connectivity index (χ4n) is 4.45. The largest absolute Gasteiger partial charge is 0.379 e. The number of carbonyl (C=O) groups excluding carboxylic acids is 1. The molecule has 0 saturated carbocycles. The molecule has 5 aliphatic rings. The van der Waals surface area contributed by atoms with Crippen LogP contribution in [0.15, 0.2) is 12.2 Å². The van der Waals surface area contributed by atoms with Crippen molar-refractivity contribution in [1.82, 2.24) is 0 Å². The minimum atomic E-state index is -1.38. The van der Waals surface area contributed by atoms with E-state index in [0.717, 1.165) is 12.8 Å². The van der Waals surface area contributed by atoms with Gasteiger partial charge < -0.3 is 24.1 Å². The third-order valence-corrected chi connectivity index (χ3v) is 5.50. The zero-order valence-electron chi connectivity index (χ0n) is 11.1. The Morgan fingerprint density at radius 2 is 2.15 bits per heavy atom. The van der Waals surface area contributed by atoms with Crippen LogP contribution >= 0.6 is 0 Å². The lowest BCUT2D eigenvalue weighted by Crippen LogP contribution is -2.73. The van der Waals surface area contributed by atoms with Crippen molar-refractivity contribution in [3.05, 3.63) is 12.2 Å². The Bertz CT molecular complexity index is 560. The molecule has 0 aromatic carbocycles. The first-order valence-corrected chi connectivity index (χ1v) is 7.08. The van der Waals surface area contributed by atoms with Gasteiger partial charge in [0.2, 0.25) is 0 Å². The zero-order chi connectivity index (χ0) is 13.8. The molecule has 0 aromatic rings. The van der Waals surface area contributed by atoms with Gasteiger partial charge in [-0.25, -0.2) is 0 Å². The first kappa shape index (κ1) is 11.8. The van der Waals surface area contributed by atoms with E-state index in [1.54, 1.807) is 0 Å². The summed E-state index contributed by atoms with van der Waals surface area (Å²) in [6.07, 6.45) is 3.97. The van der Waals surface area contributed by atoms with Gasteiger partial charge in [0.15, 0.2) is 40.8 Å². The Hall–Kier alpha value is -0.790. The lowest BCUT2D eigenvalue weighted by Gasteiger charge is -2.52. The van der Waals surface area contributed by atoms with Crippen molar-refractivity contribution in [2.75, 3.05) is 6.61 Å². The van der Waals surface area contributed by atoms with Crippen molar-refractivity contribution in [3.63, 3.8) is 0 Å². The maximum atomic E-state index is 11.8. The van der Waals surface area contributed by atoms with Crippen LogP contribution in [0.2, 0.25) is 0 Å². The molecule has 4 heterocycles. The number of hydrogen-bond acceptors (Lipinski definition) is 6. The Kier molecular flexibility index (Phi) is 1.79. The van der Waals surface area contributed by atoms with E-state index in [0.29, 0.717) is 6.42 Å². The van der Waals surface area contributed by atoms with Crippen LogP contribution < -0.4 is 0 Å². The summed E-state index contributed by atoms with van der Waals surface area (Å²) in [5, 5.41) is 11.3. The molecule has 6 atom stereocenters. The highest BCUT2D eigenvalue weighted by Gasteiger charge is 2.84. The molecular formula is C14H16O6. The average molecular weight is 280 g/mol. The van der Waals surface area contributed by atoms with Gasteiger partial charge in [-0.15, -0.1) is 0 Å². The average Bonchev–Trinajstić information content (AvgIpc) is 3.10. The van der Waals surface area contributed by atoms with Crippen molar-refractivity contribution in [3.8, 4) is 0 Å². The summed E-state index contributed by atoms with van der Waals surface area (Å²) in [7, 11) is 0. The number of ketones is 1. The van der Waals surface area contributed by atoms with Gasteiger partial charge in [0, 0.05) is 6.42 Å². The van der Waals surface area contributed by atoms with Crippen molar-refractivity contribution < 1.29 is 28.8 Å². The van der Waals surface area contributed by atoms with Gasteiger partial charge in [0.1, 0.15) is 0 Å². The minimum Gasteiger partial charge on any atom is -0.379 e. The molecule has 6 nitrogen and oxygen atoms in total. The molecule has 6 heteroatoms. The lowest BCUT2D eigenvalue weighted by atomic mass is 9.64. The molecule has 1 unspecified atom stereocenters. The smallest absolute Gasteiger partial charge is 0.193 e. The molecular weight excluding hydrogens is 264 g/mol. The predicted octanol–water partition coefficient (Wildman–Crippen LogP) is 0.0360. The van der Waals surface area contributed by atoms with E-state index in [9.17, 15) is 9.90 Å². The standard InChI is InChI=1S/C14H16O6/c1-11-4-2-5-12(20-11)10(19-11)17-7-13-9(18-13)8(15)3-6-14(12,13)16/h3,6,9-10,16H,2,4-5,7H2,1H3/t9-,10?,11-,12+,13-,14+/m1/s1. The second kappa shape index (κ2) is 3.03. The molecule has 4 fully saturated rings. The van der Waals surface area contributed by atoms with E-state index in [1.807, 2.05) is 6.92 Å². The Balaban J connectivity index is 1.70. The van der Waals surface area contributed by atoms with E-state index in [-0.39, 0.29) is 12.4 Å². The number of ether oxygens (including phenoxy) is 4. The second-order valence-corrected chi connectivity index (χ2v) is 6.63. The fourth-order valence-corrected chi connectivity index (χ4v) is 4.45. The quantitative estimate of drug-likeness (QED) is 0.631.